The lowest BCUT2D eigenvalue weighted by molar-refractivity contribution is -0.142. The fourth-order valence-electron chi connectivity index (χ4n) is 3.63. The van der Waals surface area contributed by atoms with Crippen LogP contribution in [0.3, 0.4) is 0 Å². The summed E-state index contributed by atoms with van der Waals surface area (Å²) in [5.41, 5.74) is 2.53. The normalized spacial score (nSPS) is 11.5. The topological polar surface area (TPSA) is 58.6 Å². The number of carbonyl (C=O) groups is 2. The molecule has 0 aromatic heterocycles. The summed E-state index contributed by atoms with van der Waals surface area (Å²) in [5.74, 6) is -0.00944. The molecule has 1 atom stereocenters. The molecule has 0 unspecified atom stereocenters. The minimum Gasteiger partial charge on any atom is -0.484 e. The zero-order chi connectivity index (χ0) is 24.5. The maximum atomic E-state index is 13.5. The van der Waals surface area contributed by atoms with Crippen LogP contribution in [0.25, 0.3) is 0 Å². The number of likely N-dealkylation sites (N-methyl/N-ethyl adjacent to an activating group) is 1. The number of aryl methyl sites for hydroxylation is 1. The fourth-order valence-corrected chi connectivity index (χ4v) is 4.15. The summed E-state index contributed by atoms with van der Waals surface area (Å²) in [4.78, 5) is 28.2. The molecule has 0 aliphatic heterocycles. The second-order valence-corrected chi connectivity index (χ2v) is 8.74. The fraction of sp³-hybridized carbons (Fsp3) is 0.259. The molecule has 0 bridgehead atoms. The van der Waals surface area contributed by atoms with E-state index in [1.807, 2.05) is 62.4 Å². The van der Waals surface area contributed by atoms with Crippen LogP contribution in [-0.2, 0) is 22.6 Å². The van der Waals surface area contributed by atoms with Gasteiger partial charge >= 0.3 is 0 Å². The number of rotatable bonds is 10. The van der Waals surface area contributed by atoms with Gasteiger partial charge in [-0.05, 0) is 49.2 Å². The molecule has 3 rings (SSSR count). The Morgan fingerprint density at radius 2 is 1.65 bits per heavy atom. The molecule has 0 spiro atoms. The van der Waals surface area contributed by atoms with Crippen LogP contribution in [0.5, 0.6) is 5.75 Å². The van der Waals surface area contributed by atoms with Crippen molar-refractivity contribution in [2.45, 2.75) is 32.9 Å². The summed E-state index contributed by atoms with van der Waals surface area (Å²) in [6.07, 6.45) is 0.338. The molecule has 0 saturated carbocycles. The van der Waals surface area contributed by atoms with Gasteiger partial charge in [-0.3, -0.25) is 9.59 Å². The van der Waals surface area contributed by atoms with E-state index >= 15 is 0 Å². The molecule has 2 amide bonds. The Morgan fingerprint density at radius 3 is 2.29 bits per heavy atom. The molecule has 0 radical (unpaired) electrons. The second-order valence-electron chi connectivity index (χ2n) is 7.93. The van der Waals surface area contributed by atoms with E-state index in [0.29, 0.717) is 34.3 Å². The SMILES string of the molecule is CCNC(=O)[C@H](Cc1ccccc1)N(Cc1c(Cl)cccc1Cl)C(=O)COc1cccc(C)c1. The Morgan fingerprint density at radius 1 is 0.971 bits per heavy atom. The highest BCUT2D eigenvalue weighted by atomic mass is 35.5. The van der Waals surface area contributed by atoms with E-state index in [1.54, 1.807) is 24.3 Å². The van der Waals surface area contributed by atoms with Crippen LogP contribution in [-0.4, -0.2) is 35.9 Å². The minimum atomic E-state index is -0.775. The standard InChI is InChI=1S/C27H28Cl2N2O3/c1-3-30-27(33)25(16-20-10-5-4-6-11-20)31(17-22-23(28)13-8-14-24(22)29)26(32)18-34-21-12-7-9-19(2)15-21/h4-15,25H,3,16-18H2,1-2H3,(H,30,33)/t25-/m0/s1. The molecular weight excluding hydrogens is 471 g/mol. The van der Waals surface area contributed by atoms with Crippen LogP contribution in [0.2, 0.25) is 10.0 Å². The molecule has 1 N–H and O–H groups in total. The summed E-state index contributed by atoms with van der Waals surface area (Å²) in [6, 6.07) is 21.4. The number of amides is 2. The largest absolute Gasteiger partial charge is 0.484 e. The molecule has 5 nitrogen and oxygen atoms in total. The summed E-state index contributed by atoms with van der Waals surface area (Å²) in [6.45, 7) is 4.08. The number of ether oxygens (including phenoxy) is 1. The van der Waals surface area contributed by atoms with E-state index in [4.69, 9.17) is 27.9 Å². The van der Waals surface area contributed by atoms with Gasteiger partial charge in [0.2, 0.25) is 5.91 Å². The van der Waals surface area contributed by atoms with E-state index < -0.39 is 6.04 Å². The predicted molar refractivity (Wildman–Crippen MR) is 136 cm³/mol. The number of benzene rings is 3. The summed E-state index contributed by atoms with van der Waals surface area (Å²) in [7, 11) is 0. The van der Waals surface area contributed by atoms with Crippen LogP contribution < -0.4 is 10.1 Å². The molecule has 7 heteroatoms. The molecule has 0 aliphatic carbocycles. The van der Waals surface area contributed by atoms with Gasteiger partial charge in [0, 0.05) is 35.1 Å². The lowest BCUT2D eigenvalue weighted by atomic mass is 10.0. The lowest BCUT2D eigenvalue weighted by Gasteiger charge is -2.32. The molecule has 34 heavy (non-hydrogen) atoms. The van der Waals surface area contributed by atoms with Crippen molar-refractivity contribution in [1.82, 2.24) is 10.2 Å². The van der Waals surface area contributed by atoms with Crippen LogP contribution in [0, 0.1) is 6.92 Å². The van der Waals surface area contributed by atoms with E-state index in [2.05, 4.69) is 5.32 Å². The second kappa shape index (κ2) is 12.4. The van der Waals surface area contributed by atoms with Gasteiger partial charge in [-0.2, -0.15) is 0 Å². The number of carbonyl (C=O) groups excluding carboxylic acids is 2. The number of hydrogen-bond acceptors (Lipinski definition) is 3. The first kappa shape index (κ1) is 25.6. The van der Waals surface area contributed by atoms with E-state index in [1.165, 1.54) is 4.90 Å². The van der Waals surface area contributed by atoms with Crippen molar-refractivity contribution in [3.8, 4) is 5.75 Å². The smallest absolute Gasteiger partial charge is 0.261 e. The summed E-state index contributed by atoms with van der Waals surface area (Å²) in [5, 5.41) is 3.72. The van der Waals surface area contributed by atoms with Crippen molar-refractivity contribution in [3.63, 3.8) is 0 Å². The highest BCUT2D eigenvalue weighted by molar-refractivity contribution is 6.36. The van der Waals surface area contributed by atoms with Gasteiger partial charge in [0.05, 0.1) is 0 Å². The van der Waals surface area contributed by atoms with Gasteiger partial charge in [-0.25, -0.2) is 0 Å². The van der Waals surface area contributed by atoms with Crippen molar-refractivity contribution >= 4 is 35.0 Å². The maximum absolute atomic E-state index is 13.5. The number of nitrogens with zero attached hydrogens (tertiary/aromatic N) is 1. The molecule has 0 fully saturated rings. The Balaban J connectivity index is 1.94. The summed E-state index contributed by atoms with van der Waals surface area (Å²) >= 11 is 12.8. The quantitative estimate of drug-likeness (QED) is 0.403. The zero-order valence-electron chi connectivity index (χ0n) is 19.3. The molecule has 0 saturated heterocycles. The lowest BCUT2D eigenvalue weighted by Crippen LogP contribution is -2.51. The Labute approximate surface area is 210 Å². The Kier molecular flexibility index (Phi) is 9.37. The zero-order valence-corrected chi connectivity index (χ0v) is 20.8. The van der Waals surface area contributed by atoms with Gasteiger partial charge < -0.3 is 15.0 Å². The Hall–Kier alpha value is -3.02. The van der Waals surface area contributed by atoms with Crippen LogP contribution in [0.15, 0.2) is 72.8 Å². The molecule has 3 aromatic rings. The summed E-state index contributed by atoms with van der Waals surface area (Å²) < 4.78 is 5.78. The van der Waals surface area contributed by atoms with Crippen LogP contribution >= 0.6 is 23.2 Å². The van der Waals surface area contributed by atoms with Gasteiger partial charge in [-0.1, -0.05) is 71.7 Å². The van der Waals surface area contributed by atoms with E-state index in [-0.39, 0.29) is 25.0 Å². The van der Waals surface area contributed by atoms with E-state index in [0.717, 1.165) is 11.1 Å². The van der Waals surface area contributed by atoms with Gasteiger partial charge in [-0.15, -0.1) is 0 Å². The third kappa shape index (κ3) is 6.99. The number of nitrogens with one attached hydrogen (secondary N) is 1. The first-order valence-electron chi connectivity index (χ1n) is 11.1. The molecule has 0 heterocycles. The van der Waals surface area contributed by atoms with Crippen molar-refractivity contribution in [2.24, 2.45) is 0 Å². The minimum absolute atomic E-state index is 0.0726. The molecular formula is C27H28Cl2N2O3. The van der Waals surface area contributed by atoms with Crippen LogP contribution in [0.4, 0.5) is 0 Å². The predicted octanol–water partition coefficient (Wildman–Crippen LogP) is 5.46. The van der Waals surface area contributed by atoms with Crippen molar-refractivity contribution in [3.05, 3.63) is 99.5 Å². The number of halogens is 2. The highest BCUT2D eigenvalue weighted by Crippen LogP contribution is 2.27. The third-order valence-electron chi connectivity index (χ3n) is 5.36. The van der Waals surface area contributed by atoms with Gasteiger partial charge in [0.1, 0.15) is 11.8 Å². The number of hydrogen-bond donors (Lipinski definition) is 1. The Bertz CT molecular complexity index is 1100. The highest BCUT2D eigenvalue weighted by Gasteiger charge is 2.31. The van der Waals surface area contributed by atoms with E-state index in [9.17, 15) is 9.59 Å². The molecule has 0 aliphatic rings. The van der Waals surface area contributed by atoms with Crippen molar-refractivity contribution < 1.29 is 14.3 Å². The van der Waals surface area contributed by atoms with Crippen LogP contribution in [0.1, 0.15) is 23.6 Å². The molecule has 178 valence electrons. The molecule has 3 aromatic carbocycles. The van der Waals surface area contributed by atoms with Crippen molar-refractivity contribution in [2.75, 3.05) is 13.2 Å². The average molecular weight is 499 g/mol. The van der Waals surface area contributed by atoms with Crippen molar-refractivity contribution in [1.29, 1.82) is 0 Å². The van der Waals surface area contributed by atoms with Gasteiger partial charge in [0.25, 0.3) is 5.91 Å². The maximum Gasteiger partial charge on any atom is 0.261 e. The monoisotopic (exact) mass is 498 g/mol. The first-order valence-corrected chi connectivity index (χ1v) is 11.9. The first-order chi connectivity index (χ1) is 16.4. The van der Waals surface area contributed by atoms with Gasteiger partial charge in [0.15, 0.2) is 6.61 Å². The average Bonchev–Trinajstić information content (AvgIpc) is 2.82. The third-order valence-corrected chi connectivity index (χ3v) is 6.07.